The van der Waals surface area contributed by atoms with Crippen molar-refractivity contribution in [1.29, 1.82) is 0 Å². The van der Waals surface area contributed by atoms with E-state index in [0.717, 1.165) is 17.7 Å². The first-order valence-corrected chi connectivity index (χ1v) is 6.35. The van der Waals surface area contributed by atoms with Gasteiger partial charge < -0.3 is 10.5 Å². The third-order valence-corrected chi connectivity index (χ3v) is 3.76. The fraction of sp³-hybridized carbons (Fsp3) is 0.385. The fourth-order valence-corrected chi connectivity index (χ4v) is 2.32. The van der Waals surface area contributed by atoms with Crippen LogP contribution in [0.25, 0.3) is 0 Å². The number of halogens is 3. The van der Waals surface area contributed by atoms with E-state index >= 15 is 0 Å². The Kier molecular flexibility index (Phi) is 5.80. The van der Waals surface area contributed by atoms with Gasteiger partial charge in [0.2, 0.25) is 0 Å². The van der Waals surface area contributed by atoms with E-state index < -0.39 is 0 Å². The Bertz CT molecular complexity index is 436. The topological polar surface area (TPSA) is 35.2 Å². The number of hydrogen-bond acceptors (Lipinski definition) is 2. The molecule has 2 N–H and O–H groups in total. The quantitative estimate of drug-likeness (QED) is 0.833. The van der Waals surface area contributed by atoms with E-state index in [2.05, 4.69) is 6.58 Å². The zero-order valence-corrected chi connectivity index (χ0v) is 12.2. The molecule has 2 rings (SSSR count). The van der Waals surface area contributed by atoms with Crippen LogP contribution in [0.3, 0.4) is 0 Å². The lowest BCUT2D eigenvalue weighted by Crippen LogP contribution is -2.03. The molecule has 0 saturated heterocycles. The molecule has 100 valence electrons. The molecule has 5 heteroatoms. The Morgan fingerprint density at radius 3 is 2.61 bits per heavy atom. The van der Waals surface area contributed by atoms with E-state index in [1.54, 1.807) is 12.1 Å². The molecule has 1 aromatic rings. The van der Waals surface area contributed by atoms with Gasteiger partial charge in [-0.3, -0.25) is 0 Å². The molecule has 0 amide bonds. The Balaban J connectivity index is 0.00000162. The molecule has 0 aromatic heterocycles. The molecule has 18 heavy (non-hydrogen) atoms. The Morgan fingerprint density at radius 1 is 1.39 bits per heavy atom. The number of hydrogen-bond donors (Lipinski definition) is 1. The third-order valence-electron chi connectivity index (χ3n) is 3.03. The van der Waals surface area contributed by atoms with Gasteiger partial charge in [-0.25, -0.2) is 0 Å². The lowest BCUT2D eigenvalue weighted by atomic mass is 10.1. The monoisotopic (exact) mass is 307 g/mol. The van der Waals surface area contributed by atoms with E-state index in [1.807, 2.05) is 6.07 Å². The predicted octanol–water partition coefficient (Wildman–Crippen LogP) is 4.04. The molecule has 1 fully saturated rings. The van der Waals surface area contributed by atoms with Crippen LogP contribution >= 0.6 is 35.6 Å². The summed E-state index contributed by atoms with van der Waals surface area (Å²) in [4.78, 5) is 0. The Labute approximate surface area is 124 Å². The molecule has 0 spiro atoms. The molecule has 0 bridgehead atoms. The lowest BCUT2D eigenvalue weighted by molar-refractivity contribution is 0.359. The van der Waals surface area contributed by atoms with Crippen molar-refractivity contribution in [3.63, 3.8) is 0 Å². The first-order valence-electron chi connectivity index (χ1n) is 5.60. The van der Waals surface area contributed by atoms with Crippen molar-refractivity contribution >= 4 is 35.6 Å². The zero-order valence-electron chi connectivity index (χ0n) is 9.86. The zero-order chi connectivity index (χ0) is 12.4. The van der Waals surface area contributed by atoms with Crippen molar-refractivity contribution in [3.05, 3.63) is 40.4 Å². The van der Waals surface area contributed by atoms with Gasteiger partial charge in [0, 0.05) is 6.07 Å². The van der Waals surface area contributed by atoms with Gasteiger partial charge >= 0.3 is 0 Å². The number of nitrogens with two attached hydrogens (primary N) is 1. The van der Waals surface area contributed by atoms with Gasteiger partial charge in [0.05, 0.1) is 10.0 Å². The average molecular weight is 309 g/mol. The highest BCUT2D eigenvalue weighted by Crippen LogP contribution is 2.51. The standard InChI is InChI=1S/C13H15Cl2NO.ClH/c1-2-3-17-13-6-12(15)11(14)5-10(13)9-4-8(9)7-16;/h2,5-6,8-9H,1,3-4,7,16H2;1H. The van der Waals surface area contributed by atoms with E-state index in [9.17, 15) is 0 Å². The molecule has 0 aliphatic heterocycles. The minimum Gasteiger partial charge on any atom is -0.489 e. The summed E-state index contributed by atoms with van der Waals surface area (Å²) >= 11 is 12.0. The van der Waals surface area contributed by atoms with Gasteiger partial charge in [0.25, 0.3) is 0 Å². The first kappa shape index (κ1) is 15.6. The normalized spacial score (nSPS) is 21.1. The van der Waals surface area contributed by atoms with Crippen LogP contribution in [-0.4, -0.2) is 13.2 Å². The lowest BCUT2D eigenvalue weighted by Gasteiger charge is -2.11. The summed E-state index contributed by atoms with van der Waals surface area (Å²) in [5.74, 6) is 1.79. The SMILES string of the molecule is C=CCOc1cc(Cl)c(Cl)cc1C1CC1CN.Cl. The van der Waals surface area contributed by atoms with Crippen molar-refractivity contribution in [1.82, 2.24) is 0 Å². The van der Waals surface area contributed by atoms with Crippen LogP contribution in [0.15, 0.2) is 24.8 Å². The first-order chi connectivity index (χ1) is 8.17. The van der Waals surface area contributed by atoms with E-state index in [0.29, 0.717) is 35.0 Å². The largest absolute Gasteiger partial charge is 0.489 e. The van der Waals surface area contributed by atoms with Crippen molar-refractivity contribution in [2.24, 2.45) is 11.7 Å². The minimum absolute atomic E-state index is 0. The van der Waals surface area contributed by atoms with Crippen LogP contribution in [0.4, 0.5) is 0 Å². The Hall–Kier alpha value is -0.410. The van der Waals surface area contributed by atoms with Gasteiger partial charge in [0.1, 0.15) is 12.4 Å². The second kappa shape index (κ2) is 6.67. The maximum absolute atomic E-state index is 6.04. The maximum atomic E-state index is 6.04. The number of rotatable bonds is 5. The molecular formula is C13H16Cl3NO. The van der Waals surface area contributed by atoms with Crippen LogP contribution in [0.2, 0.25) is 10.0 Å². The second-order valence-corrected chi connectivity index (χ2v) is 5.06. The Morgan fingerprint density at radius 2 is 2.06 bits per heavy atom. The molecule has 2 nitrogen and oxygen atoms in total. The smallest absolute Gasteiger partial charge is 0.124 e. The summed E-state index contributed by atoms with van der Waals surface area (Å²) < 4.78 is 5.61. The highest BCUT2D eigenvalue weighted by atomic mass is 35.5. The number of benzene rings is 1. The fourth-order valence-electron chi connectivity index (χ4n) is 2.00. The summed E-state index contributed by atoms with van der Waals surface area (Å²) in [5, 5.41) is 1.08. The molecule has 1 saturated carbocycles. The van der Waals surface area contributed by atoms with Crippen molar-refractivity contribution < 1.29 is 4.74 Å². The summed E-state index contributed by atoms with van der Waals surface area (Å²) in [5.41, 5.74) is 6.77. The van der Waals surface area contributed by atoms with Gasteiger partial charge in [0.15, 0.2) is 0 Å². The van der Waals surface area contributed by atoms with Gasteiger partial charge in [-0.15, -0.1) is 12.4 Å². The molecule has 1 aromatic carbocycles. The van der Waals surface area contributed by atoms with Crippen molar-refractivity contribution in [2.45, 2.75) is 12.3 Å². The summed E-state index contributed by atoms with van der Waals surface area (Å²) in [6, 6.07) is 3.66. The molecule has 1 aliphatic rings. The maximum Gasteiger partial charge on any atom is 0.124 e. The van der Waals surface area contributed by atoms with Gasteiger partial charge in [-0.1, -0.05) is 35.9 Å². The molecule has 0 heterocycles. The van der Waals surface area contributed by atoms with Crippen molar-refractivity contribution in [3.8, 4) is 5.75 Å². The third kappa shape index (κ3) is 3.33. The minimum atomic E-state index is 0. The summed E-state index contributed by atoms with van der Waals surface area (Å²) in [6.07, 6.45) is 2.80. The molecule has 2 unspecified atom stereocenters. The van der Waals surface area contributed by atoms with Crippen molar-refractivity contribution in [2.75, 3.05) is 13.2 Å². The van der Waals surface area contributed by atoms with E-state index in [1.165, 1.54) is 0 Å². The van der Waals surface area contributed by atoms with E-state index in [-0.39, 0.29) is 12.4 Å². The summed E-state index contributed by atoms with van der Waals surface area (Å²) in [6.45, 7) is 4.80. The van der Waals surface area contributed by atoms with Crippen LogP contribution < -0.4 is 10.5 Å². The molecular weight excluding hydrogens is 293 g/mol. The van der Waals surface area contributed by atoms with E-state index in [4.69, 9.17) is 33.7 Å². The highest BCUT2D eigenvalue weighted by molar-refractivity contribution is 6.42. The van der Waals surface area contributed by atoms with Gasteiger partial charge in [-0.2, -0.15) is 0 Å². The molecule has 0 radical (unpaired) electrons. The van der Waals surface area contributed by atoms with Crippen LogP contribution in [-0.2, 0) is 0 Å². The molecule has 1 aliphatic carbocycles. The predicted molar refractivity (Wildman–Crippen MR) is 79.3 cm³/mol. The van der Waals surface area contributed by atoms with Crippen LogP contribution in [0.1, 0.15) is 17.9 Å². The van der Waals surface area contributed by atoms with Crippen LogP contribution in [0, 0.1) is 5.92 Å². The summed E-state index contributed by atoms with van der Waals surface area (Å²) in [7, 11) is 0. The van der Waals surface area contributed by atoms with Crippen LogP contribution in [0.5, 0.6) is 5.75 Å². The van der Waals surface area contributed by atoms with Gasteiger partial charge in [-0.05, 0) is 36.4 Å². The average Bonchev–Trinajstić information content (AvgIpc) is 3.09. The number of ether oxygens (including phenoxy) is 1. The highest BCUT2D eigenvalue weighted by Gasteiger charge is 2.39. The second-order valence-electron chi connectivity index (χ2n) is 4.24. The molecule has 2 atom stereocenters.